The highest BCUT2D eigenvalue weighted by Crippen LogP contribution is 2.21. The topological polar surface area (TPSA) is 100 Å². The first kappa shape index (κ1) is 32.1. The number of ether oxygens (including phenoxy) is 9. The lowest BCUT2D eigenvalue weighted by molar-refractivity contribution is -0.155. The van der Waals surface area contributed by atoms with Crippen LogP contribution in [0.25, 0.3) is 0 Å². The molecule has 0 aliphatic heterocycles. The Kier molecular flexibility index (Phi) is 23.7. The molecule has 0 bridgehead atoms. The van der Waals surface area contributed by atoms with Crippen LogP contribution in [0.4, 0.5) is 0 Å². The van der Waals surface area contributed by atoms with Gasteiger partial charge in [-0.05, 0) is 20.3 Å². The number of carbonyl (C=O) groups excluding carboxylic acids is 1. The van der Waals surface area contributed by atoms with Gasteiger partial charge in [-0.1, -0.05) is 6.92 Å². The van der Waals surface area contributed by atoms with E-state index in [-0.39, 0.29) is 12.6 Å². The first-order valence-electron chi connectivity index (χ1n) is 11.7. The molecule has 0 unspecified atom stereocenters. The minimum atomic E-state index is -0.447. The quantitative estimate of drug-likeness (QED) is 0.134. The summed E-state index contributed by atoms with van der Waals surface area (Å²) in [7, 11) is 1.64. The summed E-state index contributed by atoms with van der Waals surface area (Å²) in [6.45, 7) is 13.6. The van der Waals surface area contributed by atoms with Crippen LogP contribution in [0.2, 0.25) is 0 Å². The van der Waals surface area contributed by atoms with E-state index in [1.807, 2.05) is 20.8 Å². The number of esters is 1. The van der Waals surface area contributed by atoms with Crippen LogP contribution in [0, 0.1) is 5.41 Å². The molecule has 0 atom stereocenters. The largest absolute Gasteiger partial charge is 0.463 e. The van der Waals surface area contributed by atoms with Gasteiger partial charge >= 0.3 is 5.97 Å². The number of hydrogen-bond acceptors (Lipinski definition) is 10. The van der Waals surface area contributed by atoms with Crippen LogP contribution in [0.5, 0.6) is 0 Å². The normalized spacial score (nSPS) is 11.8. The summed E-state index contributed by atoms with van der Waals surface area (Å²) in [5, 5.41) is 0. The molecule has 10 heteroatoms. The minimum absolute atomic E-state index is 0.195. The van der Waals surface area contributed by atoms with Gasteiger partial charge in [0.2, 0.25) is 0 Å². The fourth-order valence-corrected chi connectivity index (χ4v) is 2.10. The Morgan fingerprint density at radius 1 is 0.515 bits per heavy atom. The second kappa shape index (κ2) is 24.3. The zero-order chi connectivity index (χ0) is 24.5. The van der Waals surface area contributed by atoms with E-state index >= 15 is 0 Å². The standard InChI is InChI=1S/C23H46O10/c1-5-23(2,3)22(24)33-21-20-32-19-18-31-17-16-30-15-14-29-13-12-28-11-10-27-9-8-26-7-6-25-4/h5-21H2,1-4H3. The van der Waals surface area contributed by atoms with Crippen LogP contribution in [-0.2, 0) is 47.4 Å². The summed E-state index contributed by atoms with van der Waals surface area (Å²) in [4.78, 5) is 11.8. The molecule has 0 aromatic heterocycles. The molecular formula is C23H46O10. The molecule has 0 aliphatic carbocycles. The Morgan fingerprint density at radius 3 is 1.06 bits per heavy atom. The predicted octanol–water partition coefficient (Wildman–Crippen LogP) is 1.73. The number of methoxy groups -OCH3 is 1. The van der Waals surface area contributed by atoms with Crippen LogP contribution in [0.15, 0.2) is 0 Å². The van der Waals surface area contributed by atoms with Gasteiger partial charge in [-0.2, -0.15) is 0 Å². The molecule has 0 aliphatic rings. The summed E-state index contributed by atoms with van der Waals surface area (Å²) < 4.78 is 47.8. The van der Waals surface area contributed by atoms with E-state index in [0.717, 1.165) is 6.42 Å². The van der Waals surface area contributed by atoms with Crippen molar-refractivity contribution in [3.63, 3.8) is 0 Å². The summed E-state index contributed by atoms with van der Waals surface area (Å²) in [5.41, 5.74) is -0.447. The predicted molar refractivity (Wildman–Crippen MR) is 123 cm³/mol. The average Bonchev–Trinajstić information content (AvgIpc) is 2.81. The van der Waals surface area contributed by atoms with Crippen molar-refractivity contribution in [3.8, 4) is 0 Å². The van der Waals surface area contributed by atoms with Crippen LogP contribution >= 0.6 is 0 Å². The van der Waals surface area contributed by atoms with E-state index in [0.29, 0.717) is 99.1 Å². The summed E-state index contributed by atoms with van der Waals surface area (Å²) >= 11 is 0. The molecule has 0 heterocycles. The molecule has 0 saturated heterocycles. The lowest BCUT2D eigenvalue weighted by atomic mass is 9.91. The van der Waals surface area contributed by atoms with E-state index < -0.39 is 5.41 Å². The number of hydrogen-bond donors (Lipinski definition) is 0. The molecule has 0 amide bonds. The van der Waals surface area contributed by atoms with Crippen molar-refractivity contribution >= 4 is 5.97 Å². The van der Waals surface area contributed by atoms with E-state index in [2.05, 4.69) is 0 Å². The van der Waals surface area contributed by atoms with Crippen LogP contribution < -0.4 is 0 Å². The van der Waals surface area contributed by atoms with Crippen molar-refractivity contribution < 1.29 is 47.4 Å². The molecule has 0 fully saturated rings. The van der Waals surface area contributed by atoms with Gasteiger partial charge in [0.25, 0.3) is 0 Å². The van der Waals surface area contributed by atoms with Crippen molar-refractivity contribution in [2.24, 2.45) is 5.41 Å². The summed E-state index contributed by atoms with van der Waals surface area (Å²) in [6, 6.07) is 0. The second-order valence-electron chi connectivity index (χ2n) is 7.65. The maximum atomic E-state index is 11.8. The Labute approximate surface area is 199 Å². The van der Waals surface area contributed by atoms with Gasteiger partial charge in [0, 0.05) is 7.11 Å². The van der Waals surface area contributed by atoms with Crippen molar-refractivity contribution in [1.82, 2.24) is 0 Å². The Hall–Kier alpha value is -0.850. The van der Waals surface area contributed by atoms with Gasteiger partial charge in [0.05, 0.1) is 105 Å². The minimum Gasteiger partial charge on any atom is -0.463 e. The number of rotatable bonds is 26. The SMILES string of the molecule is CCC(C)(C)C(=O)OCCOCCOCCOCCOCCOCCOCCOCCOC. The zero-order valence-corrected chi connectivity index (χ0v) is 21.1. The number of carbonyl (C=O) groups is 1. The first-order chi connectivity index (χ1) is 16.0. The highest BCUT2D eigenvalue weighted by Gasteiger charge is 2.26. The fourth-order valence-electron chi connectivity index (χ4n) is 2.10. The molecule has 0 rings (SSSR count). The molecule has 0 N–H and O–H groups in total. The third kappa shape index (κ3) is 22.7. The molecule has 0 aromatic rings. The van der Waals surface area contributed by atoms with E-state index in [4.69, 9.17) is 42.6 Å². The van der Waals surface area contributed by atoms with Crippen LogP contribution in [0.1, 0.15) is 27.2 Å². The molecule has 0 spiro atoms. The third-order valence-electron chi connectivity index (χ3n) is 4.56. The third-order valence-corrected chi connectivity index (χ3v) is 4.56. The van der Waals surface area contributed by atoms with Crippen molar-refractivity contribution in [3.05, 3.63) is 0 Å². The molecule has 0 radical (unpaired) electrons. The monoisotopic (exact) mass is 482 g/mol. The fraction of sp³-hybridized carbons (Fsp3) is 0.957. The molecular weight excluding hydrogens is 436 g/mol. The lowest BCUT2D eigenvalue weighted by Gasteiger charge is -2.20. The molecule has 0 saturated carbocycles. The Balaban J connectivity index is 3.13. The average molecular weight is 483 g/mol. The lowest BCUT2D eigenvalue weighted by Crippen LogP contribution is -2.27. The van der Waals surface area contributed by atoms with Gasteiger partial charge in [-0.3, -0.25) is 4.79 Å². The van der Waals surface area contributed by atoms with E-state index in [9.17, 15) is 4.79 Å². The first-order valence-corrected chi connectivity index (χ1v) is 11.7. The second-order valence-corrected chi connectivity index (χ2v) is 7.65. The highest BCUT2D eigenvalue weighted by atomic mass is 16.6. The molecule has 33 heavy (non-hydrogen) atoms. The van der Waals surface area contributed by atoms with E-state index in [1.165, 1.54) is 0 Å². The maximum Gasteiger partial charge on any atom is 0.311 e. The van der Waals surface area contributed by atoms with Gasteiger partial charge < -0.3 is 42.6 Å². The Morgan fingerprint density at radius 2 is 0.788 bits per heavy atom. The summed E-state index contributed by atoms with van der Waals surface area (Å²) in [5.74, 6) is -0.195. The Bertz CT molecular complexity index is 420. The zero-order valence-electron chi connectivity index (χ0n) is 21.1. The van der Waals surface area contributed by atoms with Crippen molar-refractivity contribution in [1.29, 1.82) is 0 Å². The smallest absolute Gasteiger partial charge is 0.311 e. The van der Waals surface area contributed by atoms with Crippen molar-refractivity contribution in [2.75, 3.05) is 113 Å². The molecule has 10 nitrogen and oxygen atoms in total. The maximum absolute atomic E-state index is 11.8. The van der Waals surface area contributed by atoms with Crippen LogP contribution in [0.3, 0.4) is 0 Å². The van der Waals surface area contributed by atoms with Crippen molar-refractivity contribution in [2.45, 2.75) is 27.2 Å². The van der Waals surface area contributed by atoms with Gasteiger partial charge in [-0.15, -0.1) is 0 Å². The molecule has 0 aromatic carbocycles. The van der Waals surface area contributed by atoms with Crippen LogP contribution in [-0.4, -0.2) is 119 Å². The van der Waals surface area contributed by atoms with Gasteiger partial charge in [0.1, 0.15) is 6.61 Å². The summed E-state index contributed by atoms with van der Waals surface area (Å²) in [6.07, 6.45) is 0.743. The highest BCUT2D eigenvalue weighted by molar-refractivity contribution is 5.75. The van der Waals surface area contributed by atoms with Gasteiger partial charge in [-0.25, -0.2) is 0 Å². The van der Waals surface area contributed by atoms with E-state index in [1.54, 1.807) is 7.11 Å². The molecule has 198 valence electrons. The van der Waals surface area contributed by atoms with Gasteiger partial charge in [0.15, 0.2) is 0 Å².